The van der Waals surface area contributed by atoms with Crippen molar-refractivity contribution in [2.45, 2.75) is 19.8 Å². The van der Waals surface area contributed by atoms with Crippen LogP contribution in [0.3, 0.4) is 0 Å². The van der Waals surface area contributed by atoms with Crippen LogP contribution >= 0.6 is 0 Å². The first-order valence-corrected chi connectivity index (χ1v) is 5.69. The van der Waals surface area contributed by atoms with E-state index < -0.39 is 0 Å². The standard InChI is InChI=1S/C12H16N4O/c1-2-12(17)14-9-3-5-10(6-4-9)16-8-7-11(13)15-16/h3-6H,2,7-8H2,1H3,(H2,13,15)(H,14,17). The van der Waals surface area contributed by atoms with Crippen molar-refractivity contribution in [1.82, 2.24) is 0 Å². The monoisotopic (exact) mass is 232 g/mol. The highest BCUT2D eigenvalue weighted by atomic mass is 16.1. The minimum Gasteiger partial charge on any atom is -0.386 e. The minimum absolute atomic E-state index is 0.0150. The number of hydrazone groups is 1. The van der Waals surface area contributed by atoms with Crippen molar-refractivity contribution < 1.29 is 4.79 Å². The number of hydrogen-bond acceptors (Lipinski definition) is 4. The molecule has 0 aliphatic carbocycles. The molecule has 2 rings (SSSR count). The summed E-state index contributed by atoms with van der Waals surface area (Å²) in [5.74, 6) is 0.676. The molecule has 0 fully saturated rings. The lowest BCUT2D eigenvalue weighted by atomic mass is 10.2. The summed E-state index contributed by atoms with van der Waals surface area (Å²) in [6, 6.07) is 7.58. The van der Waals surface area contributed by atoms with Crippen molar-refractivity contribution in [3.8, 4) is 0 Å². The SMILES string of the molecule is CCC(=O)Nc1ccc(N2CCC(N)=N2)cc1. The van der Waals surface area contributed by atoms with Crippen molar-refractivity contribution >= 4 is 23.1 Å². The number of amides is 1. The normalized spacial score (nSPS) is 14.6. The molecule has 1 amide bonds. The molecule has 0 unspecified atom stereocenters. The summed E-state index contributed by atoms with van der Waals surface area (Å²) in [6.07, 6.45) is 1.28. The van der Waals surface area contributed by atoms with Gasteiger partial charge in [0.2, 0.25) is 5.91 Å². The Balaban J connectivity index is 2.05. The Kier molecular flexibility index (Phi) is 3.27. The van der Waals surface area contributed by atoms with Gasteiger partial charge in [-0.3, -0.25) is 9.80 Å². The molecule has 3 N–H and O–H groups in total. The molecule has 1 aliphatic rings. The molecular formula is C12H16N4O. The predicted molar refractivity (Wildman–Crippen MR) is 68.9 cm³/mol. The number of anilines is 2. The fourth-order valence-electron chi connectivity index (χ4n) is 1.63. The van der Waals surface area contributed by atoms with Crippen molar-refractivity contribution in [3.05, 3.63) is 24.3 Å². The van der Waals surface area contributed by atoms with Crippen molar-refractivity contribution in [2.75, 3.05) is 16.9 Å². The number of carbonyl (C=O) groups is 1. The van der Waals surface area contributed by atoms with Gasteiger partial charge in [0.15, 0.2) is 0 Å². The van der Waals surface area contributed by atoms with Crippen LogP contribution in [0, 0.1) is 0 Å². The highest BCUT2D eigenvalue weighted by molar-refractivity contribution is 5.90. The molecule has 90 valence electrons. The van der Waals surface area contributed by atoms with Crippen LogP contribution in [-0.2, 0) is 4.79 Å². The second-order valence-corrected chi connectivity index (χ2v) is 3.91. The number of nitrogens with two attached hydrogens (primary N) is 1. The smallest absolute Gasteiger partial charge is 0.224 e. The highest BCUT2D eigenvalue weighted by Gasteiger charge is 2.13. The van der Waals surface area contributed by atoms with Gasteiger partial charge in [0.05, 0.1) is 5.69 Å². The van der Waals surface area contributed by atoms with Gasteiger partial charge in [0.1, 0.15) is 5.84 Å². The van der Waals surface area contributed by atoms with E-state index in [0.717, 1.165) is 24.3 Å². The molecule has 1 aliphatic heterocycles. The van der Waals surface area contributed by atoms with Gasteiger partial charge in [0.25, 0.3) is 0 Å². The molecule has 0 saturated heterocycles. The Hall–Kier alpha value is -2.04. The van der Waals surface area contributed by atoms with Crippen LogP contribution in [0.25, 0.3) is 0 Å². The topological polar surface area (TPSA) is 70.7 Å². The van der Waals surface area contributed by atoms with E-state index >= 15 is 0 Å². The number of rotatable bonds is 3. The second kappa shape index (κ2) is 4.86. The number of nitrogens with zero attached hydrogens (tertiary/aromatic N) is 2. The Morgan fingerprint density at radius 2 is 2.18 bits per heavy atom. The zero-order valence-electron chi connectivity index (χ0n) is 9.81. The van der Waals surface area contributed by atoms with E-state index in [9.17, 15) is 4.79 Å². The summed E-state index contributed by atoms with van der Waals surface area (Å²) in [6.45, 7) is 2.64. The molecule has 0 spiro atoms. The van der Waals surface area contributed by atoms with Gasteiger partial charge in [-0.1, -0.05) is 6.92 Å². The molecular weight excluding hydrogens is 216 g/mol. The minimum atomic E-state index is 0.0150. The largest absolute Gasteiger partial charge is 0.386 e. The Morgan fingerprint density at radius 1 is 1.47 bits per heavy atom. The van der Waals surface area contributed by atoms with Crippen LogP contribution in [0.4, 0.5) is 11.4 Å². The Morgan fingerprint density at radius 3 is 2.71 bits per heavy atom. The molecule has 0 aromatic heterocycles. The molecule has 1 heterocycles. The Labute approximate surface area is 100 Å². The van der Waals surface area contributed by atoms with Crippen molar-refractivity contribution in [1.29, 1.82) is 0 Å². The van der Waals surface area contributed by atoms with Crippen molar-refractivity contribution in [2.24, 2.45) is 10.8 Å². The molecule has 5 heteroatoms. The average molecular weight is 232 g/mol. The summed E-state index contributed by atoms with van der Waals surface area (Å²) >= 11 is 0. The number of carbonyl (C=O) groups excluding carboxylic acids is 1. The van der Waals surface area contributed by atoms with Gasteiger partial charge >= 0.3 is 0 Å². The third kappa shape index (κ3) is 2.75. The number of amidine groups is 1. The fourth-order valence-corrected chi connectivity index (χ4v) is 1.63. The Bertz CT molecular complexity index is 438. The first kappa shape index (κ1) is 11.4. The highest BCUT2D eigenvalue weighted by Crippen LogP contribution is 2.20. The lowest BCUT2D eigenvalue weighted by Gasteiger charge is -2.13. The first-order chi connectivity index (χ1) is 8.19. The van der Waals surface area contributed by atoms with Crippen LogP contribution in [0.2, 0.25) is 0 Å². The van der Waals surface area contributed by atoms with E-state index in [-0.39, 0.29) is 5.91 Å². The maximum absolute atomic E-state index is 11.2. The quantitative estimate of drug-likeness (QED) is 0.830. The molecule has 0 atom stereocenters. The predicted octanol–water partition coefficient (Wildman–Crippen LogP) is 1.52. The summed E-state index contributed by atoms with van der Waals surface area (Å²) in [7, 11) is 0. The molecule has 1 aromatic carbocycles. The molecule has 0 bridgehead atoms. The summed E-state index contributed by atoms with van der Waals surface area (Å²) in [4.78, 5) is 11.2. The van der Waals surface area contributed by atoms with Gasteiger partial charge in [0, 0.05) is 25.1 Å². The lowest BCUT2D eigenvalue weighted by Crippen LogP contribution is -2.12. The van der Waals surface area contributed by atoms with E-state index in [2.05, 4.69) is 10.4 Å². The van der Waals surface area contributed by atoms with Crippen LogP contribution in [-0.4, -0.2) is 18.3 Å². The van der Waals surface area contributed by atoms with Gasteiger partial charge < -0.3 is 11.1 Å². The zero-order valence-corrected chi connectivity index (χ0v) is 9.81. The van der Waals surface area contributed by atoms with Crippen LogP contribution in [0.5, 0.6) is 0 Å². The van der Waals surface area contributed by atoms with E-state index in [1.54, 1.807) is 0 Å². The maximum atomic E-state index is 11.2. The van der Waals surface area contributed by atoms with Gasteiger partial charge in [-0.25, -0.2) is 0 Å². The summed E-state index contributed by atoms with van der Waals surface area (Å²) in [5, 5.41) is 8.87. The number of hydrogen-bond donors (Lipinski definition) is 2. The third-order valence-electron chi connectivity index (χ3n) is 2.60. The van der Waals surface area contributed by atoms with E-state index in [4.69, 9.17) is 5.73 Å². The second-order valence-electron chi connectivity index (χ2n) is 3.91. The number of benzene rings is 1. The van der Waals surface area contributed by atoms with Gasteiger partial charge in [-0.15, -0.1) is 0 Å². The lowest BCUT2D eigenvalue weighted by molar-refractivity contribution is -0.115. The molecule has 5 nitrogen and oxygen atoms in total. The average Bonchev–Trinajstić information content (AvgIpc) is 2.77. The van der Waals surface area contributed by atoms with Crippen LogP contribution in [0.15, 0.2) is 29.4 Å². The molecule has 0 radical (unpaired) electrons. The molecule has 17 heavy (non-hydrogen) atoms. The summed E-state index contributed by atoms with van der Waals surface area (Å²) < 4.78 is 0. The first-order valence-electron chi connectivity index (χ1n) is 5.69. The van der Waals surface area contributed by atoms with Gasteiger partial charge in [-0.2, -0.15) is 5.10 Å². The van der Waals surface area contributed by atoms with E-state index in [0.29, 0.717) is 12.3 Å². The van der Waals surface area contributed by atoms with Gasteiger partial charge in [-0.05, 0) is 24.3 Å². The third-order valence-corrected chi connectivity index (χ3v) is 2.60. The maximum Gasteiger partial charge on any atom is 0.224 e. The van der Waals surface area contributed by atoms with Crippen LogP contribution in [0.1, 0.15) is 19.8 Å². The molecule has 1 aromatic rings. The molecule has 0 saturated carbocycles. The summed E-state index contributed by atoms with van der Waals surface area (Å²) in [5.41, 5.74) is 7.42. The van der Waals surface area contributed by atoms with Crippen LogP contribution < -0.4 is 16.1 Å². The van der Waals surface area contributed by atoms with E-state index in [1.165, 1.54) is 0 Å². The van der Waals surface area contributed by atoms with E-state index in [1.807, 2.05) is 36.2 Å². The van der Waals surface area contributed by atoms with Crippen molar-refractivity contribution in [3.63, 3.8) is 0 Å². The number of nitrogens with one attached hydrogen (secondary N) is 1. The fraction of sp³-hybridized carbons (Fsp3) is 0.333. The zero-order chi connectivity index (χ0) is 12.3.